The molecule has 0 heterocycles. The Morgan fingerprint density at radius 3 is 1.00 bits per heavy atom. The predicted octanol–water partition coefficient (Wildman–Crippen LogP) is 4.13. The first-order valence-corrected chi connectivity index (χ1v) is 10.2. The molecule has 0 radical (unpaired) electrons. The van der Waals surface area contributed by atoms with Crippen molar-refractivity contribution in [1.29, 1.82) is 0 Å². The quantitative estimate of drug-likeness (QED) is 0.526. The molecule has 0 fully saturated rings. The van der Waals surface area contributed by atoms with Crippen LogP contribution in [0, 0.1) is 0 Å². The first-order valence-electron chi connectivity index (χ1n) is 7.84. The van der Waals surface area contributed by atoms with Crippen molar-refractivity contribution >= 4 is 15.2 Å². The van der Waals surface area contributed by atoms with E-state index in [1.807, 2.05) is 91.0 Å². The molecule has 0 aliphatic heterocycles. The zero-order valence-corrected chi connectivity index (χ0v) is 14.8. The standard InChI is InChI=1S/C19H15O.2CH3.Al/c20-19(16-10-4-1-5-11-16,17-12-6-2-7-13-17)18-14-8-3-9-15-18;;;/h1-15H;2*1H3;/q-1;;;+1. The summed E-state index contributed by atoms with van der Waals surface area (Å²) in [5.41, 5.74) is 0.913. The van der Waals surface area contributed by atoms with E-state index >= 15 is 0 Å². The second-order valence-corrected chi connectivity index (χ2v) is 6.51. The minimum atomic E-state index is -1.37. The summed E-state index contributed by atoms with van der Waals surface area (Å²) in [5.74, 6) is 4.42. The van der Waals surface area contributed by atoms with E-state index in [9.17, 15) is 5.11 Å². The van der Waals surface area contributed by atoms with Crippen molar-refractivity contribution in [2.24, 2.45) is 0 Å². The third-order valence-corrected chi connectivity index (χ3v) is 3.54. The number of rotatable bonds is 3. The normalized spacial score (nSPS) is 10.2. The van der Waals surface area contributed by atoms with Crippen molar-refractivity contribution in [3.63, 3.8) is 0 Å². The van der Waals surface area contributed by atoms with Gasteiger partial charge in [0.05, 0.1) is 0 Å². The number of benzene rings is 3. The Hall–Kier alpha value is -1.85. The van der Waals surface area contributed by atoms with E-state index in [1.165, 1.54) is 0 Å². The minimum absolute atomic E-state index is 0.750. The molecule has 0 unspecified atom stereocenters. The van der Waals surface area contributed by atoms with Crippen LogP contribution < -0.4 is 5.11 Å². The summed E-state index contributed by atoms with van der Waals surface area (Å²) >= 11 is 0.750. The van der Waals surface area contributed by atoms with Crippen LogP contribution in [-0.4, -0.2) is 15.2 Å². The van der Waals surface area contributed by atoms with Crippen LogP contribution in [0.4, 0.5) is 0 Å². The molecule has 114 valence electrons. The molecule has 0 aliphatic rings. The van der Waals surface area contributed by atoms with Crippen LogP contribution in [0.5, 0.6) is 0 Å². The monoisotopic (exact) mass is 316 g/mol. The first-order chi connectivity index (χ1) is 11.2. The summed E-state index contributed by atoms with van der Waals surface area (Å²) in [7, 11) is 0. The molecular weight excluding hydrogens is 295 g/mol. The first kappa shape index (κ1) is 17.5. The van der Waals surface area contributed by atoms with Crippen LogP contribution in [0.2, 0.25) is 11.6 Å². The Morgan fingerprint density at radius 1 is 0.565 bits per heavy atom. The number of hydrogen-bond acceptors (Lipinski definition) is 1. The van der Waals surface area contributed by atoms with Crippen molar-refractivity contribution in [2.45, 2.75) is 17.2 Å². The van der Waals surface area contributed by atoms with E-state index in [-0.39, 0.29) is 0 Å². The third-order valence-electron chi connectivity index (χ3n) is 3.54. The molecule has 2 heteroatoms. The Kier molecular flexibility index (Phi) is 6.62. The smallest absolute Gasteiger partial charge is 0.0341 e. The van der Waals surface area contributed by atoms with Crippen LogP contribution in [-0.2, 0) is 5.60 Å². The molecule has 0 bridgehead atoms. The molecule has 3 rings (SSSR count). The summed E-state index contributed by atoms with van der Waals surface area (Å²) in [5, 5.41) is 13.7. The van der Waals surface area contributed by atoms with Crippen molar-refractivity contribution in [3.8, 4) is 0 Å². The van der Waals surface area contributed by atoms with E-state index in [2.05, 4.69) is 11.6 Å². The van der Waals surface area contributed by atoms with Crippen LogP contribution in [0.15, 0.2) is 91.0 Å². The molecule has 3 aromatic rings. The molecule has 1 nitrogen and oxygen atoms in total. The summed E-state index contributed by atoms with van der Waals surface area (Å²) in [4.78, 5) is 0. The van der Waals surface area contributed by atoms with Gasteiger partial charge in [0.15, 0.2) is 0 Å². The van der Waals surface area contributed by atoms with E-state index < -0.39 is 5.60 Å². The molecule has 23 heavy (non-hydrogen) atoms. The molecule has 0 aromatic heterocycles. The van der Waals surface area contributed by atoms with Crippen LogP contribution in [0.1, 0.15) is 16.7 Å². The van der Waals surface area contributed by atoms with Gasteiger partial charge in [0.25, 0.3) is 0 Å². The van der Waals surface area contributed by atoms with Gasteiger partial charge in [-0.2, -0.15) is 0 Å². The average molecular weight is 316 g/mol. The maximum Gasteiger partial charge on any atom is -0.0341 e. The topological polar surface area (TPSA) is 23.1 Å². The molecule has 0 saturated carbocycles. The minimum Gasteiger partial charge on any atom is -0.839 e. The Balaban J connectivity index is 0.000000595. The Labute approximate surface area is 145 Å². The van der Waals surface area contributed by atoms with Crippen molar-refractivity contribution in [1.82, 2.24) is 0 Å². The van der Waals surface area contributed by atoms with Gasteiger partial charge in [-0.05, 0) is 22.3 Å². The van der Waals surface area contributed by atoms with Gasteiger partial charge in [0.1, 0.15) is 0 Å². The van der Waals surface area contributed by atoms with Crippen LogP contribution in [0.3, 0.4) is 0 Å². The third kappa shape index (κ3) is 4.12. The predicted molar refractivity (Wildman–Crippen MR) is 96.7 cm³/mol. The molecule has 0 aliphatic carbocycles. The van der Waals surface area contributed by atoms with Gasteiger partial charge in [-0.15, -0.1) is 0 Å². The van der Waals surface area contributed by atoms with E-state index in [1.54, 1.807) is 0 Å². The summed E-state index contributed by atoms with van der Waals surface area (Å²) in [6, 6.07) is 28.6. The second kappa shape index (κ2) is 8.70. The van der Waals surface area contributed by atoms with E-state index in [0.29, 0.717) is 0 Å². The fourth-order valence-corrected chi connectivity index (χ4v) is 2.52. The van der Waals surface area contributed by atoms with Crippen molar-refractivity contribution in [2.75, 3.05) is 0 Å². The van der Waals surface area contributed by atoms with E-state index in [0.717, 1.165) is 31.9 Å². The second-order valence-electron chi connectivity index (χ2n) is 5.36. The zero-order chi connectivity index (χ0) is 16.5. The maximum absolute atomic E-state index is 13.7. The Morgan fingerprint density at radius 2 is 0.783 bits per heavy atom. The van der Waals surface area contributed by atoms with Gasteiger partial charge >= 0.3 is 26.8 Å². The Bertz CT molecular complexity index is 584. The fraction of sp³-hybridized carbons (Fsp3) is 0.143. The zero-order valence-electron chi connectivity index (χ0n) is 13.6. The largest absolute Gasteiger partial charge is 0.839 e. The summed E-state index contributed by atoms with van der Waals surface area (Å²) < 4.78 is 0. The van der Waals surface area contributed by atoms with Gasteiger partial charge < -0.3 is 5.11 Å². The average Bonchev–Trinajstić information content (AvgIpc) is 2.64. The molecule has 0 atom stereocenters. The maximum atomic E-state index is 13.7. The molecule has 0 N–H and O–H groups in total. The van der Waals surface area contributed by atoms with Crippen LogP contribution >= 0.6 is 0 Å². The van der Waals surface area contributed by atoms with Gasteiger partial charge in [-0.3, -0.25) is 0 Å². The molecular formula is C21H21AlO. The summed E-state index contributed by atoms with van der Waals surface area (Å²) in [6.07, 6.45) is 0. The van der Waals surface area contributed by atoms with Crippen molar-refractivity contribution in [3.05, 3.63) is 108 Å². The fourth-order valence-electron chi connectivity index (χ4n) is 2.52. The molecule has 0 spiro atoms. The molecule has 0 saturated heterocycles. The summed E-state index contributed by atoms with van der Waals surface area (Å²) in [6.45, 7) is 0. The van der Waals surface area contributed by atoms with Crippen molar-refractivity contribution < 1.29 is 5.11 Å². The van der Waals surface area contributed by atoms with Gasteiger partial charge in [0, 0.05) is 0 Å². The number of hydrogen-bond donors (Lipinski definition) is 0. The SMILES string of the molecule is [CH3][Al+][CH3].[O-]C(c1ccccc1)(c1ccccc1)c1ccccc1. The van der Waals surface area contributed by atoms with Gasteiger partial charge in [-0.25, -0.2) is 0 Å². The molecule has 3 aromatic carbocycles. The molecule has 0 amide bonds. The van der Waals surface area contributed by atoms with E-state index in [4.69, 9.17) is 0 Å². The van der Waals surface area contributed by atoms with Gasteiger partial charge in [0.2, 0.25) is 0 Å². The van der Waals surface area contributed by atoms with Gasteiger partial charge in [-0.1, -0.05) is 91.0 Å². The van der Waals surface area contributed by atoms with Crippen LogP contribution in [0.25, 0.3) is 0 Å².